The van der Waals surface area contributed by atoms with Gasteiger partial charge in [-0.2, -0.15) is 0 Å². The minimum atomic E-state index is -2.66. The number of nitrogens with one attached hydrogen (secondary N) is 1. The highest BCUT2D eigenvalue weighted by Gasteiger charge is 2.21. The zero-order chi connectivity index (χ0) is 29.4. The maximum atomic E-state index is 13.7. The fraction of sp³-hybridized carbons (Fsp3) is 0.414. The molecule has 12 heteroatoms. The molecule has 0 aliphatic rings. The minimum absolute atomic E-state index is 0.206. The Balaban J connectivity index is 1.71. The normalized spacial score (nSPS) is 12.2. The van der Waals surface area contributed by atoms with E-state index in [0.717, 1.165) is 37.1 Å². The maximum Gasteiger partial charge on any atom is 0.332 e. The fourth-order valence-corrected chi connectivity index (χ4v) is 5.18. The number of nitrogens with zero attached hydrogens (tertiary/aromatic N) is 4. The number of nitrogen functional groups attached to an aromatic ring is 1. The summed E-state index contributed by atoms with van der Waals surface area (Å²) in [6, 6.07) is 14.5. The Kier molecular flexibility index (Phi) is 10.5. The first kappa shape index (κ1) is 30.2. The molecule has 1 atom stereocenters. The number of likely N-dealkylation sites (N-methyl/N-ethyl adjacent to an activating group) is 1. The molecule has 4 rings (SSSR count). The Morgan fingerprint density at radius 2 is 1.63 bits per heavy atom. The van der Waals surface area contributed by atoms with Gasteiger partial charge in [0.1, 0.15) is 22.9 Å². The van der Waals surface area contributed by atoms with Crippen LogP contribution in [-0.4, -0.2) is 40.5 Å². The Morgan fingerprint density at radius 1 is 0.927 bits per heavy atom. The summed E-state index contributed by atoms with van der Waals surface area (Å²) in [7, 11) is 0. The Bertz CT molecular complexity index is 1590. The van der Waals surface area contributed by atoms with Crippen molar-refractivity contribution in [2.24, 2.45) is 0 Å². The molecule has 0 saturated heterocycles. The van der Waals surface area contributed by atoms with Gasteiger partial charge in [-0.1, -0.05) is 38.1 Å². The number of aryl methyl sites for hydroxylation is 2. The van der Waals surface area contributed by atoms with Gasteiger partial charge in [0, 0.05) is 38.3 Å². The molecule has 41 heavy (non-hydrogen) atoms. The highest BCUT2D eigenvalue weighted by molar-refractivity contribution is 7.74. The van der Waals surface area contributed by atoms with Gasteiger partial charge in [-0.15, -0.1) is 0 Å². The number of rotatable bonds is 15. The second-order valence-corrected chi connectivity index (χ2v) is 10.5. The van der Waals surface area contributed by atoms with Crippen molar-refractivity contribution in [2.75, 3.05) is 18.8 Å². The molecular formula is C29H37N6O5S-. The Morgan fingerprint density at radius 3 is 2.29 bits per heavy atom. The summed E-state index contributed by atoms with van der Waals surface area (Å²) in [6.45, 7) is 6.64. The molecule has 0 spiro atoms. The van der Waals surface area contributed by atoms with Gasteiger partial charge in [0.25, 0.3) is 5.56 Å². The summed E-state index contributed by atoms with van der Waals surface area (Å²) in [5.41, 5.74) is 8.71. The Hall–Kier alpha value is -3.74. The number of unbranched alkanes of at least 4 members (excludes halogenated alkanes) is 1. The van der Waals surface area contributed by atoms with Crippen molar-refractivity contribution in [1.82, 2.24) is 24.0 Å². The smallest absolute Gasteiger partial charge is 0.332 e. The molecule has 0 aliphatic heterocycles. The van der Waals surface area contributed by atoms with Crippen LogP contribution in [0.2, 0.25) is 0 Å². The molecule has 220 valence electrons. The molecule has 0 saturated carbocycles. The van der Waals surface area contributed by atoms with E-state index in [1.807, 2.05) is 42.7 Å². The van der Waals surface area contributed by atoms with E-state index in [0.29, 0.717) is 56.0 Å². The monoisotopic (exact) mass is 581 g/mol. The van der Waals surface area contributed by atoms with Gasteiger partial charge in [0.05, 0.1) is 0 Å². The zero-order valence-electron chi connectivity index (χ0n) is 23.5. The van der Waals surface area contributed by atoms with Crippen LogP contribution >= 0.6 is 0 Å². The number of nitrogens with two attached hydrogens (primary N) is 1. The highest BCUT2D eigenvalue weighted by Crippen LogP contribution is 2.19. The zero-order valence-corrected chi connectivity index (χ0v) is 24.3. The van der Waals surface area contributed by atoms with Crippen LogP contribution in [0.3, 0.4) is 0 Å². The van der Waals surface area contributed by atoms with Crippen molar-refractivity contribution in [3.8, 4) is 5.75 Å². The van der Waals surface area contributed by atoms with E-state index in [-0.39, 0.29) is 17.0 Å². The number of anilines is 1. The standard InChI is InChI=1S/C29H38N6O5S/c1-3-17-35-28(36)26-27(34(29(35)37)18-6-5-7-21-8-12-23(30)13-9-21)32-25(33(26)19-16-31-4-2)20-22-10-14-24(15-11-22)40-41(38)39/h8-15,31H,3-7,16-20,30H2,1-2H3,(H,38,39)/p-1. The lowest BCUT2D eigenvalue weighted by Crippen LogP contribution is -2.41. The van der Waals surface area contributed by atoms with Gasteiger partial charge < -0.3 is 24.4 Å². The van der Waals surface area contributed by atoms with Crippen LogP contribution in [0.15, 0.2) is 58.1 Å². The molecule has 0 radical (unpaired) electrons. The van der Waals surface area contributed by atoms with Crippen molar-refractivity contribution >= 4 is 28.2 Å². The first-order chi connectivity index (χ1) is 19.8. The van der Waals surface area contributed by atoms with E-state index >= 15 is 0 Å². The third-order valence-electron chi connectivity index (χ3n) is 6.93. The molecule has 1 unspecified atom stereocenters. The van der Waals surface area contributed by atoms with Crippen molar-refractivity contribution < 1.29 is 12.9 Å². The van der Waals surface area contributed by atoms with E-state index in [2.05, 4.69) is 5.32 Å². The third kappa shape index (κ3) is 7.51. The van der Waals surface area contributed by atoms with Crippen molar-refractivity contribution in [1.29, 1.82) is 0 Å². The van der Waals surface area contributed by atoms with Gasteiger partial charge in [-0.05, 0) is 67.6 Å². The summed E-state index contributed by atoms with van der Waals surface area (Å²) in [6.07, 6.45) is 3.50. The van der Waals surface area contributed by atoms with Crippen LogP contribution < -0.4 is 26.5 Å². The number of aromatic nitrogens is 4. The van der Waals surface area contributed by atoms with Gasteiger partial charge in [0.2, 0.25) is 0 Å². The maximum absolute atomic E-state index is 13.7. The average molecular weight is 582 g/mol. The Labute approximate surface area is 241 Å². The summed E-state index contributed by atoms with van der Waals surface area (Å²) >= 11 is -2.66. The number of hydrogen-bond acceptors (Lipinski definition) is 8. The first-order valence-electron chi connectivity index (χ1n) is 14.0. The second kappa shape index (κ2) is 14.2. The number of benzene rings is 2. The minimum Gasteiger partial charge on any atom is -0.740 e. The summed E-state index contributed by atoms with van der Waals surface area (Å²) in [5.74, 6) is 0.860. The summed E-state index contributed by atoms with van der Waals surface area (Å²) in [5, 5.41) is 3.31. The predicted molar refractivity (Wildman–Crippen MR) is 160 cm³/mol. The summed E-state index contributed by atoms with van der Waals surface area (Å²) < 4.78 is 31.3. The summed E-state index contributed by atoms with van der Waals surface area (Å²) in [4.78, 5) is 32.1. The predicted octanol–water partition coefficient (Wildman–Crippen LogP) is 2.75. The SMILES string of the molecule is CCCn1c(=O)c2c(nc(Cc3ccc(OS(=O)[O-])cc3)n2CCNCC)n(CCCCc2ccc(N)cc2)c1=O. The van der Waals surface area contributed by atoms with Crippen LogP contribution in [0, 0.1) is 0 Å². The largest absolute Gasteiger partial charge is 0.740 e. The third-order valence-corrected chi connectivity index (χ3v) is 7.26. The van der Waals surface area contributed by atoms with Gasteiger partial charge in [-0.3, -0.25) is 13.9 Å². The molecule has 2 heterocycles. The lowest BCUT2D eigenvalue weighted by Gasteiger charge is -2.13. The number of hydrogen-bond donors (Lipinski definition) is 2. The van der Waals surface area contributed by atoms with E-state index in [1.54, 1.807) is 28.8 Å². The molecule has 3 N–H and O–H groups in total. The van der Waals surface area contributed by atoms with E-state index in [4.69, 9.17) is 14.9 Å². The molecular weight excluding hydrogens is 544 g/mol. The van der Waals surface area contributed by atoms with Crippen molar-refractivity contribution in [3.05, 3.63) is 86.3 Å². The van der Waals surface area contributed by atoms with Crippen LogP contribution in [0.1, 0.15) is 50.1 Å². The van der Waals surface area contributed by atoms with Crippen LogP contribution in [-0.2, 0) is 43.8 Å². The molecule has 0 aliphatic carbocycles. The van der Waals surface area contributed by atoms with Gasteiger partial charge >= 0.3 is 5.69 Å². The number of fused-ring (bicyclic) bond motifs is 1. The van der Waals surface area contributed by atoms with Gasteiger partial charge in [0.15, 0.2) is 11.2 Å². The molecule has 2 aromatic carbocycles. The van der Waals surface area contributed by atoms with E-state index in [9.17, 15) is 18.4 Å². The van der Waals surface area contributed by atoms with Crippen LogP contribution in [0.4, 0.5) is 5.69 Å². The lowest BCUT2D eigenvalue weighted by molar-refractivity contribution is 0.440. The molecule has 11 nitrogen and oxygen atoms in total. The van der Waals surface area contributed by atoms with E-state index in [1.165, 1.54) is 10.1 Å². The molecule has 0 amide bonds. The lowest BCUT2D eigenvalue weighted by atomic mass is 10.1. The second-order valence-electron chi connectivity index (χ2n) is 9.90. The number of imidazole rings is 1. The molecule has 4 aromatic rings. The van der Waals surface area contributed by atoms with Gasteiger partial charge in [-0.25, -0.2) is 14.0 Å². The van der Waals surface area contributed by atoms with Crippen molar-refractivity contribution in [2.45, 2.75) is 65.6 Å². The molecule has 0 bridgehead atoms. The van der Waals surface area contributed by atoms with Crippen LogP contribution in [0.5, 0.6) is 5.75 Å². The fourth-order valence-electron chi connectivity index (χ4n) is 4.91. The first-order valence-corrected chi connectivity index (χ1v) is 15.0. The van der Waals surface area contributed by atoms with Crippen LogP contribution in [0.25, 0.3) is 11.2 Å². The van der Waals surface area contributed by atoms with E-state index < -0.39 is 11.4 Å². The quantitative estimate of drug-likeness (QED) is 0.124. The average Bonchev–Trinajstić information content (AvgIpc) is 3.30. The topological polar surface area (TPSA) is 149 Å². The molecule has 2 aromatic heterocycles. The molecule has 0 fully saturated rings. The highest BCUT2D eigenvalue weighted by atomic mass is 32.2. The van der Waals surface area contributed by atoms with Crippen molar-refractivity contribution in [3.63, 3.8) is 0 Å².